The Kier molecular flexibility index (Phi) is 3.23. The van der Waals surface area contributed by atoms with E-state index in [0.717, 1.165) is 10.9 Å². The van der Waals surface area contributed by atoms with Crippen molar-refractivity contribution in [3.8, 4) is 0 Å². The van der Waals surface area contributed by atoms with E-state index in [1.54, 1.807) is 19.9 Å². The van der Waals surface area contributed by atoms with Crippen LogP contribution < -0.4 is 0 Å². The molecule has 2 aromatic carbocycles. The molecule has 0 bridgehead atoms. The molecular formula is C20H16F2N2. The number of aromatic nitrogens is 1. The molecule has 1 atom stereocenters. The molecule has 0 fully saturated rings. The summed E-state index contributed by atoms with van der Waals surface area (Å²) in [7, 11) is 0. The maximum atomic E-state index is 14.8. The summed E-state index contributed by atoms with van der Waals surface area (Å²) in [6.07, 6.45) is -1.35. The zero-order chi connectivity index (χ0) is 16.9. The van der Waals surface area contributed by atoms with Crippen LogP contribution >= 0.6 is 0 Å². The van der Waals surface area contributed by atoms with E-state index >= 15 is 0 Å². The molecule has 2 heterocycles. The topological polar surface area (TPSA) is 25.2 Å². The van der Waals surface area contributed by atoms with E-state index in [9.17, 15) is 8.78 Å². The van der Waals surface area contributed by atoms with Crippen molar-refractivity contribution in [3.05, 3.63) is 77.2 Å². The Morgan fingerprint density at radius 1 is 1.00 bits per heavy atom. The largest absolute Gasteiger partial charge is 0.273 e. The smallest absolute Gasteiger partial charge is 0.150 e. The third-order valence-electron chi connectivity index (χ3n) is 4.40. The Morgan fingerprint density at radius 3 is 2.62 bits per heavy atom. The number of para-hydroxylation sites is 1. The summed E-state index contributed by atoms with van der Waals surface area (Å²) in [6.45, 7) is 3.43. The van der Waals surface area contributed by atoms with E-state index in [1.165, 1.54) is 12.1 Å². The fourth-order valence-corrected chi connectivity index (χ4v) is 3.14. The van der Waals surface area contributed by atoms with Gasteiger partial charge in [0, 0.05) is 16.5 Å². The molecular weight excluding hydrogens is 306 g/mol. The number of rotatable bonds is 1. The first-order valence-corrected chi connectivity index (χ1v) is 7.86. The van der Waals surface area contributed by atoms with Crippen LogP contribution in [0.3, 0.4) is 0 Å². The van der Waals surface area contributed by atoms with Gasteiger partial charge in [0.25, 0.3) is 0 Å². The number of hydrogen-bond donors (Lipinski definition) is 0. The van der Waals surface area contributed by atoms with Crippen LogP contribution in [-0.2, 0) is 0 Å². The van der Waals surface area contributed by atoms with Gasteiger partial charge in [-0.2, -0.15) is 0 Å². The fraction of sp³-hybridized carbons (Fsp3) is 0.200. The highest BCUT2D eigenvalue weighted by molar-refractivity contribution is 6.14. The van der Waals surface area contributed by atoms with Gasteiger partial charge in [-0.1, -0.05) is 24.3 Å². The average molecular weight is 322 g/mol. The summed E-state index contributed by atoms with van der Waals surface area (Å²) in [5, 5.41) is 1.03. The zero-order valence-corrected chi connectivity index (χ0v) is 13.4. The summed E-state index contributed by atoms with van der Waals surface area (Å²) in [5.74, 6) is -0.445. The van der Waals surface area contributed by atoms with E-state index in [0.29, 0.717) is 22.5 Å². The Labute approximate surface area is 138 Å². The maximum Gasteiger partial charge on any atom is 0.150 e. The van der Waals surface area contributed by atoms with Crippen molar-refractivity contribution in [2.75, 3.05) is 0 Å². The van der Waals surface area contributed by atoms with Crippen molar-refractivity contribution < 1.29 is 8.78 Å². The first kappa shape index (κ1) is 14.9. The molecule has 0 amide bonds. The van der Waals surface area contributed by atoms with Crippen molar-refractivity contribution in [3.63, 3.8) is 0 Å². The van der Waals surface area contributed by atoms with Crippen LogP contribution in [0.15, 0.2) is 59.6 Å². The third-order valence-corrected chi connectivity index (χ3v) is 4.40. The number of halogens is 2. The lowest BCUT2D eigenvalue weighted by Crippen LogP contribution is -2.32. The van der Waals surface area contributed by atoms with Crippen LogP contribution in [0, 0.1) is 5.82 Å². The van der Waals surface area contributed by atoms with Gasteiger partial charge in [-0.05, 0) is 44.2 Å². The fourth-order valence-electron chi connectivity index (χ4n) is 3.14. The number of fused-ring (bicyclic) bond motifs is 2. The molecule has 1 aliphatic heterocycles. The van der Waals surface area contributed by atoms with Crippen LogP contribution in [0.2, 0.25) is 0 Å². The van der Waals surface area contributed by atoms with Crippen molar-refractivity contribution in [1.29, 1.82) is 0 Å². The molecule has 0 radical (unpaired) electrons. The summed E-state index contributed by atoms with van der Waals surface area (Å²) in [4.78, 5) is 9.26. The predicted octanol–water partition coefficient (Wildman–Crippen LogP) is 5.01. The van der Waals surface area contributed by atoms with Crippen molar-refractivity contribution in [2.24, 2.45) is 4.99 Å². The highest BCUT2D eigenvalue weighted by Gasteiger charge is 2.38. The SMILES string of the molecule is CC1(C)N=C(c2ccc3ccccc3n2)c2ccc(F)cc2C1F. The number of pyridine rings is 1. The second kappa shape index (κ2) is 5.20. The highest BCUT2D eigenvalue weighted by Crippen LogP contribution is 2.40. The van der Waals surface area contributed by atoms with Crippen molar-refractivity contribution in [1.82, 2.24) is 4.98 Å². The average Bonchev–Trinajstić information content (AvgIpc) is 2.58. The first-order valence-electron chi connectivity index (χ1n) is 7.86. The summed E-state index contributed by atoms with van der Waals surface area (Å²) in [5.41, 5.74) is 2.09. The van der Waals surface area contributed by atoms with Gasteiger partial charge in [-0.15, -0.1) is 0 Å². The van der Waals surface area contributed by atoms with E-state index in [2.05, 4.69) is 9.98 Å². The van der Waals surface area contributed by atoms with Gasteiger partial charge in [0.1, 0.15) is 5.82 Å². The summed E-state index contributed by atoms with van der Waals surface area (Å²) >= 11 is 0. The normalized spacial score (nSPS) is 19.0. The minimum Gasteiger partial charge on any atom is -0.273 e. The van der Waals surface area contributed by atoms with Crippen molar-refractivity contribution >= 4 is 16.6 Å². The quantitative estimate of drug-likeness (QED) is 0.618. The standard InChI is InChI=1S/C20H16F2N2/c1-20(2)19(22)15-11-13(21)8-9-14(15)18(24-20)17-10-7-12-5-3-4-6-16(12)23-17/h3-11,19H,1-2H3. The van der Waals surface area contributed by atoms with Gasteiger partial charge in [0.05, 0.1) is 22.5 Å². The second-order valence-corrected chi connectivity index (χ2v) is 6.60. The predicted molar refractivity (Wildman–Crippen MR) is 91.7 cm³/mol. The third kappa shape index (κ3) is 2.30. The molecule has 2 nitrogen and oxygen atoms in total. The molecule has 0 aliphatic carbocycles. The lowest BCUT2D eigenvalue weighted by molar-refractivity contribution is 0.221. The molecule has 120 valence electrons. The molecule has 0 saturated carbocycles. The Bertz CT molecular complexity index is 976. The van der Waals surface area contributed by atoms with Gasteiger partial charge in [0.2, 0.25) is 0 Å². The van der Waals surface area contributed by atoms with Crippen LogP contribution in [0.25, 0.3) is 10.9 Å². The van der Waals surface area contributed by atoms with Crippen LogP contribution in [0.1, 0.15) is 36.8 Å². The van der Waals surface area contributed by atoms with Crippen LogP contribution in [0.5, 0.6) is 0 Å². The molecule has 4 heteroatoms. The van der Waals surface area contributed by atoms with E-state index < -0.39 is 17.5 Å². The molecule has 1 aliphatic rings. The molecule has 24 heavy (non-hydrogen) atoms. The maximum absolute atomic E-state index is 14.8. The molecule has 0 spiro atoms. The number of benzene rings is 2. The van der Waals surface area contributed by atoms with Crippen LogP contribution in [-0.4, -0.2) is 16.2 Å². The second-order valence-electron chi connectivity index (χ2n) is 6.60. The molecule has 3 aromatic rings. The molecule has 4 rings (SSSR count). The van der Waals surface area contributed by atoms with E-state index in [1.807, 2.05) is 36.4 Å². The lowest BCUT2D eigenvalue weighted by atomic mass is 9.84. The van der Waals surface area contributed by atoms with Crippen molar-refractivity contribution in [2.45, 2.75) is 25.6 Å². The highest BCUT2D eigenvalue weighted by atomic mass is 19.1. The summed E-state index contributed by atoms with van der Waals surface area (Å²) < 4.78 is 28.4. The molecule has 1 unspecified atom stereocenters. The van der Waals surface area contributed by atoms with Gasteiger partial charge in [0.15, 0.2) is 6.17 Å². The van der Waals surface area contributed by atoms with Gasteiger partial charge in [-0.25, -0.2) is 13.8 Å². The van der Waals surface area contributed by atoms with E-state index in [-0.39, 0.29) is 0 Å². The number of aliphatic imine (C=N–C) groups is 1. The minimum absolute atomic E-state index is 0.333. The van der Waals surface area contributed by atoms with E-state index in [4.69, 9.17) is 0 Å². The first-order chi connectivity index (χ1) is 11.5. The van der Waals surface area contributed by atoms with Gasteiger partial charge < -0.3 is 0 Å². The molecule has 0 N–H and O–H groups in total. The number of nitrogens with zero attached hydrogens (tertiary/aromatic N) is 2. The lowest BCUT2D eigenvalue weighted by Gasteiger charge is -2.32. The monoisotopic (exact) mass is 322 g/mol. The Hall–Kier alpha value is -2.62. The Balaban J connectivity index is 1.95. The number of hydrogen-bond acceptors (Lipinski definition) is 2. The van der Waals surface area contributed by atoms with Gasteiger partial charge in [-0.3, -0.25) is 4.99 Å². The molecule has 0 saturated heterocycles. The van der Waals surface area contributed by atoms with Crippen LogP contribution in [0.4, 0.5) is 8.78 Å². The minimum atomic E-state index is -1.35. The zero-order valence-electron chi connectivity index (χ0n) is 13.4. The molecule has 1 aromatic heterocycles. The Morgan fingerprint density at radius 2 is 1.79 bits per heavy atom. The number of alkyl halides is 1. The summed E-state index contributed by atoms with van der Waals surface area (Å²) in [6, 6.07) is 15.8. The van der Waals surface area contributed by atoms with Gasteiger partial charge >= 0.3 is 0 Å².